The molecule has 2 unspecified atom stereocenters. The molecule has 0 saturated carbocycles. The smallest absolute Gasteiger partial charge is 0.242 e. The Hall–Kier alpha value is -4.00. The summed E-state index contributed by atoms with van der Waals surface area (Å²) < 4.78 is 5.37. The number of benzene rings is 2. The number of methoxy groups -OCH3 is 1. The fraction of sp³-hybridized carbons (Fsp3) is 0.556. The van der Waals surface area contributed by atoms with Crippen molar-refractivity contribution in [3.8, 4) is 5.75 Å². The Kier molecular flexibility index (Phi) is 21.0. The first kappa shape index (κ1) is 40.2. The highest BCUT2D eigenvalue weighted by Gasteiger charge is 2.21. The van der Waals surface area contributed by atoms with E-state index in [2.05, 4.69) is 31.6 Å². The van der Waals surface area contributed by atoms with Crippen LogP contribution >= 0.6 is 0 Å². The lowest BCUT2D eigenvalue weighted by atomic mass is 10.0. The third-order valence-electron chi connectivity index (χ3n) is 7.72. The molecule has 12 heteroatoms. The van der Waals surface area contributed by atoms with Gasteiger partial charge in [-0.25, -0.2) is 0 Å². The summed E-state index contributed by atoms with van der Waals surface area (Å²) in [5, 5.41) is 15.7. The molecule has 0 aromatic heterocycles. The second-order valence-corrected chi connectivity index (χ2v) is 11.9. The van der Waals surface area contributed by atoms with Crippen molar-refractivity contribution in [2.75, 3.05) is 52.9 Å². The lowest BCUT2D eigenvalue weighted by Crippen LogP contribution is -2.48. The van der Waals surface area contributed by atoms with Crippen molar-refractivity contribution in [2.45, 2.75) is 76.8 Å². The van der Waals surface area contributed by atoms with Crippen LogP contribution in [0.5, 0.6) is 5.75 Å². The summed E-state index contributed by atoms with van der Waals surface area (Å²) in [7, 11) is 1.58. The second-order valence-electron chi connectivity index (χ2n) is 11.9. The Morgan fingerprint density at radius 3 is 2.08 bits per heavy atom. The molecule has 0 saturated heterocycles. The number of rotatable bonds is 26. The number of amides is 3. The van der Waals surface area contributed by atoms with Crippen LogP contribution in [-0.4, -0.2) is 88.6 Å². The summed E-state index contributed by atoms with van der Waals surface area (Å²) in [5.74, 6) is 0.673. The summed E-state index contributed by atoms with van der Waals surface area (Å²) in [6.45, 7) is 7.10. The first-order chi connectivity index (χ1) is 23.3. The topological polar surface area (TPSA) is 185 Å². The molecule has 9 N–H and O–H groups in total. The molecule has 0 aliphatic heterocycles. The van der Waals surface area contributed by atoms with E-state index in [1.54, 1.807) is 14.0 Å². The predicted octanol–water partition coefficient (Wildman–Crippen LogP) is 1.81. The summed E-state index contributed by atoms with van der Waals surface area (Å²) in [6.07, 6.45) is 6.63. The molecule has 3 amide bonds. The third-order valence-corrected chi connectivity index (χ3v) is 7.72. The van der Waals surface area contributed by atoms with Gasteiger partial charge < -0.3 is 42.8 Å². The van der Waals surface area contributed by atoms with Crippen LogP contribution in [0.15, 0.2) is 59.6 Å². The number of unbranched alkanes of at least 4 members (excludes halogenated alkanes) is 2. The van der Waals surface area contributed by atoms with Gasteiger partial charge in [-0.1, -0.05) is 55.0 Å². The molecule has 2 rings (SSSR count). The van der Waals surface area contributed by atoms with Gasteiger partial charge in [-0.05, 0) is 83.3 Å². The molecule has 2 atom stereocenters. The number of amidine groups is 1. The number of aliphatic imine (C=N–C) groups is 1. The Balaban J connectivity index is 1.52. The number of hydrogen-bond donors (Lipinski definition) is 7. The lowest BCUT2D eigenvalue weighted by molar-refractivity contribution is -0.128. The van der Waals surface area contributed by atoms with Crippen LogP contribution in [-0.2, 0) is 27.2 Å². The van der Waals surface area contributed by atoms with E-state index in [-0.39, 0.29) is 24.1 Å². The maximum atomic E-state index is 13.1. The highest BCUT2D eigenvalue weighted by atomic mass is 16.5. The molecular weight excluding hydrogens is 608 g/mol. The molecule has 0 heterocycles. The van der Waals surface area contributed by atoms with E-state index in [1.165, 1.54) is 0 Å². The monoisotopic (exact) mass is 666 g/mol. The van der Waals surface area contributed by atoms with Crippen LogP contribution < -0.4 is 42.8 Å². The maximum Gasteiger partial charge on any atom is 0.242 e. The van der Waals surface area contributed by atoms with Crippen LogP contribution in [0.3, 0.4) is 0 Å². The Bertz CT molecular complexity index is 1220. The number of nitrogens with one attached hydrogen (secondary N) is 5. The van der Waals surface area contributed by atoms with Crippen LogP contribution in [0.1, 0.15) is 63.0 Å². The molecule has 0 spiro atoms. The second kappa shape index (κ2) is 25.1. The van der Waals surface area contributed by atoms with Crippen LogP contribution in [0, 0.1) is 0 Å². The highest BCUT2D eigenvalue weighted by molar-refractivity contribution is 5.89. The van der Waals surface area contributed by atoms with Crippen molar-refractivity contribution in [1.82, 2.24) is 26.6 Å². The molecule has 0 radical (unpaired) electrons. The molecule has 2 aromatic carbocycles. The van der Waals surface area contributed by atoms with E-state index in [0.717, 1.165) is 75.8 Å². The van der Waals surface area contributed by atoms with Crippen molar-refractivity contribution < 1.29 is 19.1 Å². The zero-order valence-corrected chi connectivity index (χ0v) is 28.9. The van der Waals surface area contributed by atoms with Gasteiger partial charge in [0.05, 0.1) is 25.4 Å². The van der Waals surface area contributed by atoms with Gasteiger partial charge in [-0.2, -0.15) is 0 Å². The van der Waals surface area contributed by atoms with Gasteiger partial charge in [0.25, 0.3) is 0 Å². The number of carbonyl (C=O) groups excluding carboxylic acids is 3. The molecule has 0 aliphatic carbocycles. The number of ether oxygens (including phenoxy) is 1. The van der Waals surface area contributed by atoms with E-state index in [9.17, 15) is 14.4 Å². The molecule has 266 valence electrons. The average molecular weight is 667 g/mol. The maximum absolute atomic E-state index is 13.1. The van der Waals surface area contributed by atoms with Crippen molar-refractivity contribution >= 4 is 23.6 Å². The summed E-state index contributed by atoms with van der Waals surface area (Å²) in [4.78, 5) is 42.2. The average Bonchev–Trinajstić information content (AvgIpc) is 3.08. The zero-order valence-electron chi connectivity index (χ0n) is 28.9. The van der Waals surface area contributed by atoms with E-state index in [0.29, 0.717) is 44.1 Å². The van der Waals surface area contributed by atoms with E-state index < -0.39 is 12.1 Å². The lowest BCUT2D eigenvalue weighted by Gasteiger charge is -2.19. The van der Waals surface area contributed by atoms with Gasteiger partial charge in [0, 0.05) is 31.6 Å². The molecule has 2 aromatic rings. The van der Waals surface area contributed by atoms with E-state index in [1.807, 2.05) is 54.6 Å². The highest BCUT2D eigenvalue weighted by Crippen LogP contribution is 2.17. The van der Waals surface area contributed by atoms with Gasteiger partial charge >= 0.3 is 0 Å². The number of nitrogens with zero attached hydrogens (tertiary/aromatic N) is 1. The molecule has 0 fully saturated rings. The standard InChI is InChI=1S/C36H58N8O4/c1-28(37)41-24-11-17-31(38)35(46)42-25-13-22-40-21-12-20-39-19-9-4-10-23-43-36(47)32(26-29-14-5-3-6-15-29)44-34(45)27-30-16-7-8-18-33(30)48-2/h3,5-8,14-16,18,31-32,39-40H,4,9-13,17,19-27,38H2,1-2H3,(H2,37,41)(H,42,46)(H,43,47)(H,44,45). The summed E-state index contributed by atoms with van der Waals surface area (Å²) in [5.41, 5.74) is 13.2. The number of hydrogen-bond acceptors (Lipinski definition) is 8. The van der Waals surface area contributed by atoms with Crippen molar-refractivity contribution in [3.63, 3.8) is 0 Å². The van der Waals surface area contributed by atoms with Crippen molar-refractivity contribution in [3.05, 3.63) is 65.7 Å². The molecule has 12 nitrogen and oxygen atoms in total. The minimum absolute atomic E-state index is 0.119. The fourth-order valence-electron chi connectivity index (χ4n) is 5.06. The minimum Gasteiger partial charge on any atom is -0.496 e. The molecule has 0 bridgehead atoms. The van der Waals surface area contributed by atoms with Gasteiger partial charge in [0.15, 0.2) is 0 Å². The van der Waals surface area contributed by atoms with Crippen LogP contribution in [0.4, 0.5) is 0 Å². The molecule has 0 aliphatic rings. The van der Waals surface area contributed by atoms with Crippen molar-refractivity contribution in [2.24, 2.45) is 16.5 Å². The quantitative estimate of drug-likeness (QED) is 0.0450. The molecule has 48 heavy (non-hydrogen) atoms. The van der Waals surface area contributed by atoms with Gasteiger partial charge in [0.1, 0.15) is 11.8 Å². The van der Waals surface area contributed by atoms with Gasteiger partial charge in [-0.15, -0.1) is 0 Å². The fourth-order valence-corrected chi connectivity index (χ4v) is 5.06. The zero-order chi connectivity index (χ0) is 34.8. The minimum atomic E-state index is -0.663. The first-order valence-corrected chi connectivity index (χ1v) is 17.2. The number of nitrogens with two attached hydrogens (primary N) is 2. The predicted molar refractivity (Wildman–Crippen MR) is 193 cm³/mol. The Morgan fingerprint density at radius 2 is 1.38 bits per heavy atom. The van der Waals surface area contributed by atoms with Crippen molar-refractivity contribution in [1.29, 1.82) is 0 Å². The van der Waals surface area contributed by atoms with E-state index >= 15 is 0 Å². The normalized spacial score (nSPS) is 12.6. The largest absolute Gasteiger partial charge is 0.496 e. The first-order valence-electron chi connectivity index (χ1n) is 17.2. The number of para-hydroxylation sites is 1. The third kappa shape index (κ3) is 18.4. The van der Waals surface area contributed by atoms with Gasteiger partial charge in [-0.3, -0.25) is 19.4 Å². The van der Waals surface area contributed by atoms with Crippen LogP contribution in [0.2, 0.25) is 0 Å². The van der Waals surface area contributed by atoms with Gasteiger partial charge in [0.2, 0.25) is 17.7 Å². The van der Waals surface area contributed by atoms with Crippen LogP contribution in [0.25, 0.3) is 0 Å². The summed E-state index contributed by atoms with van der Waals surface area (Å²) >= 11 is 0. The Morgan fingerprint density at radius 1 is 0.771 bits per heavy atom. The summed E-state index contributed by atoms with van der Waals surface area (Å²) in [6, 6.07) is 15.9. The molecular formula is C36H58N8O4. The Labute approximate surface area is 286 Å². The van der Waals surface area contributed by atoms with E-state index in [4.69, 9.17) is 16.2 Å². The number of carbonyl (C=O) groups is 3. The SMILES string of the molecule is COc1ccccc1CC(=O)NC(Cc1ccccc1)C(=O)NCCCCCNCCCNCCCNC(=O)C(N)CCCN=C(C)N.